The van der Waals surface area contributed by atoms with E-state index in [1.807, 2.05) is 27.7 Å². The van der Waals surface area contributed by atoms with Crippen molar-refractivity contribution < 1.29 is 15.0 Å². The van der Waals surface area contributed by atoms with E-state index in [1.54, 1.807) is 12.3 Å². The zero-order valence-corrected chi connectivity index (χ0v) is 12.4. The van der Waals surface area contributed by atoms with Gasteiger partial charge in [-0.2, -0.15) is 0 Å². The second-order valence-corrected chi connectivity index (χ2v) is 6.52. The molecule has 5 nitrogen and oxygen atoms in total. The van der Waals surface area contributed by atoms with Crippen molar-refractivity contribution in [3.05, 3.63) is 23.5 Å². The third-order valence-corrected chi connectivity index (χ3v) is 3.74. The van der Waals surface area contributed by atoms with E-state index in [4.69, 9.17) is 0 Å². The van der Waals surface area contributed by atoms with Crippen LogP contribution in [0.2, 0.25) is 0 Å². The number of hydrogen-bond donors (Lipinski definition) is 2. The first-order valence-electron chi connectivity index (χ1n) is 6.91. The largest absolute Gasteiger partial charge is 0.465 e. The number of hydrogen-bond acceptors (Lipinski definition) is 3. The molecule has 1 aromatic heterocycles. The van der Waals surface area contributed by atoms with Crippen molar-refractivity contribution >= 4 is 11.8 Å². The van der Waals surface area contributed by atoms with Crippen LogP contribution in [0.4, 0.5) is 10.5 Å². The minimum absolute atomic E-state index is 0.248. The minimum Gasteiger partial charge on any atom is -0.465 e. The zero-order chi connectivity index (χ0) is 15.1. The lowest BCUT2D eigenvalue weighted by molar-refractivity contribution is 0.146. The number of carbonyl (C=O) groups is 1. The molecule has 1 aliphatic rings. The number of carboxylic acid groups (broad SMARTS) is 1. The molecule has 1 atom stereocenters. The van der Waals surface area contributed by atoms with Gasteiger partial charge in [0.2, 0.25) is 0 Å². The highest BCUT2D eigenvalue weighted by atomic mass is 16.4. The predicted octanol–water partition coefficient (Wildman–Crippen LogP) is 2.94. The lowest BCUT2D eigenvalue weighted by Gasteiger charge is -2.18. The fourth-order valence-corrected chi connectivity index (χ4v) is 2.69. The SMILES string of the molecule is CC(C)CC(O)c1cc2c(cn1)C(C)(C)CN2C(=O)O. The molecule has 0 spiro atoms. The van der Waals surface area contributed by atoms with Crippen molar-refractivity contribution in [1.82, 2.24) is 4.98 Å². The van der Waals surface area contributed by atoms with E-state index >= 15 is 0 Å². The predicted molar refractivity (Wildman–Crippen MR) is 77.0 cm³/mol. The molecule has 2 rings (SSSR count). The van der Waals surface area contributed by atoms with Crippen LogP contribution in [0, 0.1) is 5.92 Å². The Bertz CT molecular complexity index is 526. The first-order chi connectivity index (χ1) is 9.22. The number of aliphatic hydroxyl groups excluding tert-OH is 1. The number of aromatic nitrogens is 1. The lowest BCUT2D eigenvalue weighted by Crippen LogP contribution is -2.32. The fraction of sp³-hybridized carbons (Fsp3) is 0.600. The van der Waals surface area contributed by atoms with Crippen LogP contribution < -0.4 is 4.90 Å². The molecule has 0 saturated carbocycles. The van der Waals surface area contributed by atoms with Gasteiger partial charge in [-0.05, 0) is 18.4 Å². The second-order valence-electron chi connectivity index (χ2n) is 6.52. The van der Waals surface area contributed by atoms with Gasteiger partial charge in [-0.3, -0.25) is 9.88 Å². The van der Waals surface area contributed by atoms with Crippen LogP contribution >= 0.6 is 0 Å². The molecule has 1 unspecified atom stereocenters. The van der Waals surface area contributed by atoms with Crippen LogP contribution in [0.1, 0.15) is 51.5 Å². The van der Waals surface area contributed by atoms with Crippen LogP contribution in [0.25, 0.3) is 0 Å². The number of rotatable bonds is 3. The Morgan fingerprint density at radius 2 is 2.15 bits per heavy atom. The Morgan fingerprint density at radius 3 is 2.70 bits per heavy atom. The second kappa shape index (κ2) is 5.05. The van der Waals surface area contributed by atoms with Gasteiger partial charge in [0.05, 0.1) is 17.5 Å². The lowest BCUT2D eigenvalue weighted by atomic mass is 9.88. The Balaban J connectivity index is 2.39. The maximum Gasteiger partial charge on any atom is 0.411 e. The van der Waals surface area contributed by atoms with Gasteiger partial charge in [0, 0.05) is 23.7 Å². The highest BCUT2D eigenvalue weighted by Crippen LogP contribution is 2.41. The van der Waals surface area contributed by atoms with Crippen molar-refractivity contribution in [3.8, 4) is 0 Å². The first kappa shape index (κ1) is 14.8. The van der Waals surface area contributed by atoms with Crippen molar-refractivity contribution in [2.75, 3.05) is 11.4 Å². The first-order valence-corrected chi connectivity index (χ1v) is 6.91. The Labute approximate surface area is 119 Å². The molecule has 110 valence electrons. The maximum atomic E-state index is 11.4. The van der Waals surface area contributed by atoms with E-state index in [1.165, 1.54) is 4.90 Å². The van der Waals surface area contributed by atoms with Gasteiger partial charge in [0.25, 0.3) is 0 Å². The topological polar surface area (TPSA) is 73.7 Å². The number of fused-ring (bicyclic) bond motifs is 1. The van der Waals surface area contributed by atoms with Crippen LogP contribution in [0.15, 0.2) is 12.3 Å². The van der Waals surface area contributed by atoms with E-state index in [0.29, 0.717) is 30.3 Å². The van der Waals surface area contributed by atoms with Crippen LogP contribution in [-0.4, -0.2) is 27.8 Å². The molecule has 2 N–H and O–H groups in total. The van der Waals surface area contributed by atoms with E-state index in [9.17, 15) is 15.0 Å². The summed E-state index contributed by atoms with van der Waals surface area (Å²) in [4.78, 5) is 17.0. The number of amides is 1. The van der Waals surface area contributed by atoms with Gasteiger partial charge in [0.1, 0.15) is 0 Å². The molecule has 0 aliphatic carbocycles. The molecule has 0 aromatic carbocycles. The van der Waals surface area contributed by atoms with Gasteiger partial charge in [-0.25, -0.2) is 4.79 Å². The van der Waals surface area contributed by atoms with Gasteiger partial charge in [-0.1, -0.05) is 27.7 Å². The summed E-state index contributed by atoms with van der Waals surface area (Å²) in [6.07, 6.45) is 0.700. The van der Waals surface area contributed by atoms with E-state index in [-0.39, 0.29) is 5.41 Å². The Kier molecular flexibility index (Phi) is 3.73. The van der Waals surface area contributed by atoms with Crippen molar-refractivity contribution in [3.63, 3.8) is 0 Å². The smallest absolute Gasteiger partial charge is 0.411 e. The molecule has 1 aromatic rings. The third kappa shape index (κ3) is 2.63. The highest BCUT2D eigenvalue weighted by Gasteiger charge is 2.38. The molecule has 1 amide bonds. The standard InChI is InChI=1S/C15H22N2O3/c1-9(2)5-13(18)11-6-12-10(7-16-11)15(3,4)8-17(12)14(19)20/h6-7,9,13,18H,5,8H2,1-4H3,(H,19,20). The van der Waals surface area contributed by atoms with Crippen LogP contribution in [0.5, 0.6) is 0 Å². The number of pyridine rings is 1. The molecule has 2 heterocycles. The highest BCUT2D eigenvalue weighted by molar-refractivity contribution is 5.90. The fourth-order valence-electron chi connectivity index (χ4n) is 2.69. The third-order valence-electron chi connectivity index (χ3n) is 3.74. The molecule has 0 fully saturated rings. The minimum atomic E-state index is -0.965. The van der Waals surface area contributed by atoms with Crippen molar-refractivity contribution in [2.24, 2.45) is 5.92 Å². The average molecular weight is 278 g/mol. The quantitative estimate of drug-likeness (QED) is 0.891. The van der Waals surface area contributed by atoms with Gasteiger partial charge in [0.15, 0.2) is 0 Å². The Hall–Kier alpha value is -1.62. The molecule has 0 bridgehead atoms. The normalized spacial score (nSPS) is 18.2. The maximum absolute atomic E-state index is 11.4. The number of nitrogens with zero attached hydrogens (tertiary/aromatic N) is 2. The van der Waals surface area contributed by atoms with Gasteiger partial charge < -0.3 is 10.2 Å². The number of aliphatic hydroxyl groups is 1. The summed E-state index contributed by atoms with van der Waals surface area (Å²) in [5.41, 5.74) is 1.86. The molecule has 5 heteroatoms. The summed E-state index contributed by atoms with van der Waals surface area (Å²) in [5.74, 6) is 0.354. The monoisotopic (exact) mass is 278 g/mol. The average Bonchev–Trinajstić information content (AvgIpc) is 2.60. The van der Waals surface area contributed by atoms with Crippen molar-refractivity contribution in [1.29, 1.82) is 0 Å². The van der Waals surface area contributed by atoms with E-state index in [2.05, 4.69) is 4.98 Å². The van der Waals surface area contributed by atoms with Gasteiger partial charge >= 0.3 is 6.09 Å². The molecule has 0 saturated heterocycles. The summed E-state index contributed by atoms with van der Waals surface area (Å²) >= 11 is 0. The molecule has 1 aliphatic heterocycles. The van der Waals surface area contributed by atoms with Gasteiger partial charge in [-0.15, -0.1) is 0 Å². The number of anilines is 1. The zero-order valence-electron chi connectivity index (χ0n) is 12.4. The van der Waals surface area contributed by atoms with E-state index < -0.39 is 12.2 Å². The summed E-state index contributed by atoms with van der Waals surface area (Å²) in [5, 5.41) is 19.5. The summed E-state index contributed by atoms with van der Waals surface area (Å²) < 4.78 is 0. The molecule has 20 heavy (non-hydrogen) atoms. The summed E-state index contributed by atoms with van der Waals surface area (Å²) in [6.45, 7) is 8.48. The summed E-state index contributed by atoms with van der Waals surface area (Å²) in [7, 11) is 0. The molecule has 0 radical (unpaired) electrons. The van der Waals surface area contributed by atoms with Crippen LogP contribution in [0.3, 0.4) is 0 Å². The Morgan fingerprint density at radius 1 is 1.50 bits per heavy atom. The molecular formula is C15H22N2O3. The summed E-state index contributed by atoms with van der Waals surface area (Å²) in [6, 6.07) is 1.71. The molecular weight excluding hydrogens is 256 g/mol. The van der Waals surface area contributed by atoms with E-state index in [0.717, 1.165) is 5.56 Å². The van der Waals surface area contributed by atoms with Crippen LogP contribution in [-0.2, 0) is 5.41 Å². The van der Waals surface area contributed by atoms with Crippen molar-refractivity contribution in [2.45, 2.75) is 45.6 Å².